The topological polar surface area (TPSA) is 58.1 Å². The van der Waals surface area contributed by atoms with Crippen molar-refractivity contribution in [3.63, 3.8) is 0 Å². The van der Waals surface area contributed by atoms with E-state index in [9.17, 15) is 0 Å². The molecule has 0 aliphatic rings. The molecule has 31 heavy (non-hydrogen) atoms. The highest BCUT2D eigenvalue weighted by molar-refractivity contribution is 14.0. The third-order valence-electron chi connectivity index (χ3n) is 5.16. The molecule has 0 saturated carbocycles. The molecule has 0 aliphatic heterocycles. The van der Waals surface area contributed by atoms with Crippen LogP contribution in [0.3, 0.4) is 0 Å². The Hall–Kier alpha value is -1.52. The highest BCUT2D eigenvalue weighted by Gasteiger charge is 2.09. The van der Waals surface area contributed by atoms with E-state index < -0.39 is 0 Å². The van der Waals surface area contributed by atoms with Crippen molar-refractivity contribution in [3.05, 3.63) is 46.2 Å². The van der Waals surface area contributed by atoms with Crippen molar-refractivity contribution in [3.8, 4) is 11.5 Å². The molecule has 2 aromatic rings. The van der Waals surface area contributed by atoms with E-state index in [1.165, 1.54) is 5.56 Å². The van der Waals surface area contributed by atoms with Crippen LogP contribution in [0.1, 0.15) is 37.8 Å². The Kier molecular flexibility index (Phi) is 13.6. The van der Waals surface area contributed by atoms with Gasteiger partial charge < -0.3 is 25.0 Å². The average molecular weight is 561 g/mol. The molecular formula is C23H37IN4O2S. The second-order valence-electron chi connectivity index (χ2n) is 7.12. The van der Waals surface area contributed by atoms with Crippen LogP contribution in [0.15, 0.2) is 40.0 Å². The van der Waals surface area contributed by atoms with E-state index in [2.05, 4.69) is 64.2 Å². The Balaban J connectivity index is 0.00000480. The molecule has 0 spiro atoms. The number of benzene rings is 1. The summed E-state index contributed by atoms with van der Waals surface area (Å²) in [4.78, 5) is 6.66. The van der Waals surface area contributed by atoms with Crippen molar-refractivity contribution >= 4 is 41.3 Å². The fraction of sp³-hybridized carbons (Fsp3) is 0.522. The Bertz CT molecular complexity index is 767. The molecule has 1 unspecified atom stereocenters. The van der Waals surface area contributed by atoms with Gasteiger partial charge in [0.2, 0.25) is 0 Å². The van der Waals surface area contributed by atoms with Crippen LogP contribution in [-0.4, -0.2) is 57.8 Å². The van der Waals surface area contributed by atoms with Gasteiger partial charge in [-0.05, 0) is 59.1 Å². The minimum atomic E-state index is 0. The highest BCUT2D eigenvalue weighted by Crippen LogP contribution is 2.28. The van der Waals surface area contributed by atoms with Crippen molar-refractivity contribution in [2.45, 2.75) is 33.2 Å². The first-order valence-corrected chi connectivity index (χ1v) is 11.5. The van der Waals surface area contributed by atoms with Gasteiger partial charge in [0, 0.05) is 26.7 Å². The van der Waals surface area contributed by atoms with E-state index in [4.69, 9.17) is 9.47 Å². The lowest BCUT2D eigenvalue weighted by atomic mass is 10.1. The van der Waals surface area contributed by atoms with E-state index in [-0.39, 0.29) is 24.0 Å². The Morgan fingerprint density at radius 1 is 1.16 bits per heavy atom. The van der Waals surface area contributed by atoms with Crippen LogP contribution in [0.2, 0.25) is 0 Å². The quantitative estimate of drug-likeness (QED) is 0.227. The molecule has 174 valence electrons. The number of hydrogen-bond acceptors (Lipinski definition) is 5. The zero-order valence-electron chi connectivity index (χ0n) is 19.3. The maximum absolute atomic E-state index is 5.94. The number of aliphatic imine (C=N–C) groups is 1. The van der Waals surface area contributed by atoms with E-state index in [1.807, 2.05) is 12.1 Å². The predicted octanol–water partition coefficient (Wildman–Crippen LogP) is 4.56. The number of nitrogens with zero attached hydrogens (tertiary/aromatic N) is 2. The summed E-state index contributed by atoms with van der Waals surface area (Å²) in [5.74, 6) is 2.75. The highest BCUT2D eigenvalue weighted by atomic mass is 127. The largest absolute Gasteiger partial charge is 0.493 e. The minimum Gasteiger partial charge on any atom is -0.493 e. The van der Waals surface area contributed by atoms with Gasteiger partial charge in [-0.1, -0.05) is 26.8 Å². The fourth-order valence-corrected chi connectivity index (χ4v) is 3.88. The maximum atomic E-state index is 5.94. The summed E-state index contributed by atoms with van der Waals surface area (Å²) in [5, 5.41) is 11.1. The van der Waals surface area contributed by atoms with Gasteiger partial charge in [0.15, 0.2) is 17.5 Å². The number of rotatable bonds is 12. The number of methoxy groups -OCH3 is 1. The van der Waals surface area contributed by atoms with Crippen LogP contribution >= 0.6 is 35.3 Å². The number of thiophene rings is 1. The van der Waals surface area contributed by atoms with Crippen LogP contribution in [0.5, 0.6) is 11.5 Å². The third kappa shape index (κ3) is 9.24. The first-order valence-electron chi connectivity index (χ1n) is 10.6. The number of hydrogen-bond donors (Lipinski definition) is 2. The van der Waals surface area contributed by atoms with Crippen LogP contribution in [0.4, 0.5) is 0 Å². The summed E-state index contributed by atoms with van der Waals surface area (Å²) in [6.45, 7) is 11.6. The molecule has 1 heterocycles. The zero-order chi connectivity index (χ0) is 21.8. The van der Waals surface area contributed by atoms with E-state index in [1.54, 1.807) is 25.5 Å². The molecule has 1 aromatic carbocycles. The molecule has 6 nitrogen and oxygen atoms in total. The molecule has 0 bridgehead atoms. The summed E-state index contributed by atoms with van der Waals surface area (Å²) < 4.78 is 11.5. The summed E-state index contributed by atoms with van der Waals surface area (Å²) in [7, 11) is 3.47. The standard InChI is InChI=1S/C23H36N4O2S.HI/c1-6-27(7-2)11-12-29-21-9-8-19(14-22(21)28-5)16-26-23(24-4)25-15-18(3)20-10-13-30-17-20;/h8-10,13-14,17-18H,6-7,11-12,15-16H2,1-5H3,(H2,24,25,26);1H. The lowest BCUT2D eigenvalue weighted by molar-refractivity contribution is 0.217. The third-order valence-corrected chi connectivity index (χ3v) is 5.86. The molecule has 1 aromatic heterocycles. The monoisotopic (exact) mass is 560 g/mol. The molecule has 0 aliphatic carbocycles. The van der Waals surface area contributed by atoms with E-state index in [0.717, 1.165) is 49.2 Å². The van der Waals surface area contributed by atoms with Crippen molar-refractivity contribution in [2.24, 2.45) is 4.99 Å². The lowest BCUT2D eigenvalue weighted by Crippen LogP contribution is -2.38. The van der Waals surface area contributed by atoms with Gasteiger partial charge in [-0.15, -0.1) is 24.0 Å². The van der Waals surface area contributed by atoms with Gasteiger partial charge in [0.25, 0.3) is 0 Å². The van der Waals surface area contributed by atoms with Gasteiger partial charge in [-0.3, -0.25) is 4.99 Å². The van der Waals surface area contributed by atoms with Crippen LogP contribution in [0.25, 0.3) is 0 Å². The summed E-state index contributed by atoms with van der Waals surface area (Å²) in [6, 6.07) is 8.22. The molecule has 0 fully saturated rings. The molecule has 2 N–H and O–H groups in total. The number of likely N-dealkylation sites (N-methyl/N-ethyl adjacent to an activating group) is 1. The number of halogens is 1. The van der Waals surface area contributed by atoms with Gasteiger partial charge in [0.1, 0.15) is 6.61 Å². The molecule has 0 radical (unpaired) electrons. The van der Waals surface area contributed by atoms with Gasteiger partial charge in [-0.25, -0.2) is 0 Å². The van der Waals surface area contributed by atoms with E-state index >= 15 is 0 Å². The minimum absolute atomic E-state index is 0. The van der Waals surface area contributed by atoms with Crippen molar-refractivity contribution in [1.29, 1.82) is 0 Å². The molecule has 0 amide bonds. The molecule has 8 heteroatoms. The molecule has 2 rings (SSSR count). The van der Waals surface area contributed by atoms with Crippen LogP contribution in [-0.2, 0) is 6.54 Å². The summed E-state index contributed by atoms with van der Waals surface area (Å²) in [6.07, 6.45) is 0. The Morgan fingerprint density at radius 2 is 1.94 bits per heavy atom. The molecule has 0 saturated heterocycles. The molecule has 1 atom stereocenters. The average Bonchev–Trinajstić information content (AvgIpc) is 3.32. The summed E-state index contributed by atoms with van der Waals surface area (Å²) >= 11 is 1.73. The lowest BCUT2D eigenvalue weighted by Gasteiger charge is -2.19. The van der Waals surface area contributed by atoms with Gasteiger partial charge >= 0.3 is 0 Å². The first-order chi connectivity index (χ1) is 14.6. The van der Waals surface area contributed by atoms with Gasteiger partial charge in [-0.2, -0.15) is 11.3 Å². The smallest absolute Gasteiger partial charge is 0.191 e. The zero-order valence-corrected chi connectivity index (χ0v) is 22.5. The Morgan fingerprint density at radius 3 is 2.55 bits per heavy atom. The Labute approximate surface area is 208 Å². The molecular weight excluding hydrogens is 523 g/mol. The number of ether oxygens (including phenoxy) is 2. The first kappa shape index (κ1) is 27.5. The van der Waals surface area contributed by atoms with Crippen molar-refractivity contribution in [2.75, 3.05) is 46.9 Å². The number of guanidine groups is 1. The fourth-order valence-electron chi connectivity index (χ4n) is 3.10. The summed E-state index contributed by atoms with van der Waals surface area (Å²) in [5.41, 5.74) is 2.46. The maximum Gasteiger partial charge on any atom is 0.191 e. The normalized spacial score (nSPS) is 12.3. The van der Waals surface area contributed by atoms with Crippen molar-refractivity contribution < 1.29 is 9.47 Å². The second kappa shape index (κ2) is 15.3. The second-order valence-corrected chi connectivity index (χ2v) is 7.90. The van der Waals surface area contributed by atoms with Gasteiger partial charge in [0.05, 0.1) is 7.11 Å². The van der Waals surface area contributed by atoms with Crippen molar-refractivity contribution in [1.82, 2.24) is 15.5 Å². The van der Waals surface area contributed by atoms with Crippen LogP contribution in [0, 0.1) is 0 Å². The van der Waals surface area contributed by atoms with Crippen LogP contribution < -0.4 is 20.1 Å². The van der Waals surface area contributed by atoms with E-state index in [0.29, 0.717) is 19.1 Å². The predicted molar refractivity (Wildman–Crippen MR) is 143 cm³/mol. The SMILES string of the molecule is CCN(CC)CCOc1ccc(CNC(=NC)NCC(C)c2ccsc2)cc1OC.I. The number of nitrogens with one attached hydrogen (secondary N) is 2.